The van der Waals surface area contributed by atoms with Gasteiger partial charge in [0.15, 0.2) is 0 Å². The second-order valence-electron chi connectivity index (χ2n) is 8.35. The van der Waals surface area contributed by atoms with Gasteiger partial charge < -0.3 is 21.7 Å². The number of rotatable bonds is 6. The molecule has 1 saturated heterocycles. The number of amides is 2. The van der Waals surface area contributed by atoms with Gasteiger partial charge in [-0.25, -0.2) is 14.4 Å². The van der Waals surface area contributed by atoms with Crippen LogP contribution < -0.4 is 21.7 Å². The summed E-state index contributed by atoms with van der Waals surface area (Å²) in [7, 11) is 0. The molecule has 9 heteroatoms. The number of nitrogen functional groups attached to an aromatic ring is 1. The highest BCUT2D eigenvalue weighted by molar-refractivity contribution is 5.89. The number of aryl methyl sites for hydroxylation is 1. The molecule has 2 heterocycles. The van der Waals surface area contributed by atoms with E-state index < -0.39 is 6.04 Å². The Labute approximate surface area is 180 Å². The average molecular weight is 426 g/mol. The molecule has 164 valence electrons. The van der Waals surface area contributed by atoms with Crippen LogP contribution in [0.25, 0.3) is 0 Å². The molecule has 0 radical (unpaired) electrons. The van der Waals surface area contributed by atoms with Gasteiger partial charge in [0.25, 0.3) is 0 Å². The van der Waals surface area contributed by atoms with Gasteiger partial charge in [-0.15, -0.1) is 0 Å². The highest BCUT2D eigenvalue weighted by Gasteiger charge is 2.32. The molecule has 1 aromatic heterocycles. The molecule has 2 aromatic rings. The van der Waals surface area contributed by atoms with Gasteiger partial charge in [0.05, 0.1) is 17.8 Å². The van der Waals surface area contributed by atoms with Crippen LogP contribution in [0.2, 0.25) is 0 Å². The molecule has 4 rings (SSSR count). The molecule has 0 saturated carbocycles. The zero-order valence-corrected chi connectivity index (χ0v) is 17.4. The van der Waals surface area contributed by atoms with Gasteiger partial charge in [0, 0.05) is 11.8 Å². The number of nitrogens with one attached hydrogen (secondary N) is 3. The van der Waals surface area contributed by atoms with E-state index in [-0.39, 0.29) is 41.6 Å². The number of hydrogen-bond acceptors (Lipinski definition) is 6. The molecular weight excluding hydrogens is 399 g/mol. The van der Waals surface area contributed by atoms with Crippen LogP contribution in [0, 0.1) is 11.7 Å². The summed E-state index contributed by atoms with van der Waals surface area (Å²) in [6.45, 7) is 2.38. The minimum atomic E-state index is -0.663. The summed E-state index contributed by atoms with van der Waals surface area (Å²) in [4.78, 5) is 33.5. The largest absolute Gasteiger partial charge is 0.368 e. The van der Waals surface area contributed by atoms with Crippen molar-refractivity contribution in [1.29, 1.82) is 0 Å². The number of halogens is 1. The molecule has 1 aliphatic heterocycles. The van der Waals surface area contributed by atoms with E-state index in [9.17, 15) is 14.0 Å². The Kier molecular flexibility index (Phi) is 6.13. The summed E-state index contributed by atoms with van der Waals surface area (Å²) in [6, 6.07) is 5.27. The van der Waals surface area contributed by atoms with E-state index in [0.717, 1.165) is 36.1 Å². The van der Waals surface area contributed by atoms with Crippen LogP contribution in [0.5, 0.6) is 0 Å². The normalized spacial score (nSPS) is 23.2. The van der Waals surface area contributed by atoms with Crippen molar-refractivity contribution in [3.05, 3.63) is 53.1 Å². The summed E-state index contributed by atoms with van der Waals surface area (Å²) in [5, 5.41) is 9.00. The quantitative estimate of drug-likeness (QED) is 0.547. The molecule has 1 fully saturated rings. The van der Waals surface area contributed by atoms with Crippen molar-refractivity contribution in [1.82, 2.24) is 25.9 Å². The zero-order valence-electron chi connectivity index (χ0n) is 17.4. The van der Waals surface area contributed by atoms with Crippen LogP contribution in [-0.4, -0.2) is 40.4 Å². The molecule has 8 nitrogen and oxygen atoms in total. The maximum atomic E-state index is 13.1. The van der Waals surface area contributed by atoms with Gasteiger partial charge in [-0.05, 0) is 62.8 Å². The lowest BCUT2D eigenvalue weighted by atomic mass is 9.96. The first-order valence-electron chi connectivity index (χ1n) is 10.6. The summed E-state index contributed by atoms with van der Waals surface area (Å²) < 4.78 is 13.1. The molecule has 1 aliphatic carbocycles. The molecule has 2 amide bonds. The van der Waals surface area contributed by atoms with Gasteiger partial charge in [-0.3, -0.25) is 9.59 Å². The minimum absolute atomic E-state index is 0.174. The number of anilines is 1. The highest BCUT2D eigenvalue weighted by Crippen LogP contribution is 2.29. The van der Waals surface area contributed by atoms with Crippen molar-refractivity contribution < 1.29 is 14.0 Å². The Morgan fingerprint density at radius 1 is 1.32 bits per heavy atom. The smallest absolute Gasteiger partial charge is 0.242 e. The first-order chi connectivity index (χ1) is 14.9. The standard InChI is InChI=1S/C22H27FN6O2/c1-12(20(30)28-17-6-7-18-16(17)11-26-22(24)29-18)27-21(31)19-9-14(10-25-19)8-13-2-4-15(23)5-3-13/h2-5,11-12,14,17,19,25H,6-10H2,1H3,(H,27,31)(H,28,30)(H2,24,26,29)/t12-,14-,17+,19+/m0/s1. The number of nitrogens with two attached hydrogens (primary N) is 1. The van der Waals surface area contributed by atoms with Crippen molar-refractivity contribution in [2.75, 3.05) is 12.3 Å². The molecule has 4 atom stereocenters. The second-order valence-corrected chi connectivity index (χ2v) is 8.35. The van der Waals surface area contributed by atoms with E-state index in [1.807, 2.05) is 0 Å². The van der Waals surface area contributed by atoms with Gasteiger partial charge in [-0.2, -0.15) is 0 Å². The van der Waals surface area contributed by atoms with Gasteiger partial charge >= 0.3 is 0 Å². The van der Waals surface area contributed by atoms with Gasteiger partial charge in [0.1, 0.15) is 11.9 Å². The molecule has 31 heavy (non-hydrogen) atoms. The van der Waals surface area contributed by atoms with Crippen molar-refractivity contribution in [3.8, 4) is 0 Å². The van der Waals surface area contributed by atoms with Crippen molar-refractivity contribution >= 4 is 17.8 Å². The summed E-state index contributed by atoms with van der Waals surface area (Å²) in [5.74, 6) is -0.174. The third-order valence-corrected chi connectivity index (χ3v) is 6.01. The van der Waals surface area contributed by atoms with Gasteiger partial charge in [-0.1, -0.05) is 12.1 Å². The van der Waals surface area contributed by atoms with Crippen LogP contribution in [0.1, 0.15) is 42.6 Å². The van der Waals surface area contributed by atoms with E-state index in [1.165, 1.54) is 12.1 Å². The number of nitrogens with zero attached hydrogens (tertiary/aromatic N) is 2. The number of carbonyl (C=O) groups is 2. The van der Waals surface area contributed by atoms with Crippen molar-refractivity contribution in [3.63, 3.8) is 0 Å². The highest BCUT2D eigenvalue weighted by atomic mass is 19.1. The van der Waals surface area contributed by atoms with Gasteiger partial charge in [0.2, 0.25) is 17.8 Å². The lowest BCUT2D eigenvalue weighted by molar-refractivity contribution is -0.129. The van der Waals surface area contributed by atoms with E-state index >= 15 is 0 Å². The second kappa shape index (κ2) is 8.97. The molecule has 2 aliphatic rings. The fourth-order valence-electron chi connectivity index (χ4n) is 4.31. The van der Waals surface area contributed by atoms with E-state index in [4.69, 9.17) is 5.73 Å². The molecule has 1 aromatic carbocycles. The molecule has 0 bridgehead atoms. The number of hydrogen-bond donors (Lipinski definition) is 4. The summed E-state index contributed by atoms with van der Waals surface area (Å²) in [6.07, 6.45) is 4.57. The monoisotopic (exact) mass is 426 g/mol. The lowest BCUT2D eigenvalue weighted by Crippen LogP contribution is -2.50. The Hall–Kier alpha value is -3.07. The molecular formula is C22H27FN6O2. The molecule has 5 N–H and O–H groups in total. The molecule has 0 spiro atoms. The van der Waals surface area contributed by atoms with Crippen LogP contribution in [0.15, 0.2) is 30.5 Å². The van der Waals surface area contributed by atoms with Crippen molar-refractivity contribution in [2.45, 2.75) is 50.7 Å². The Morgan fingerprint density at radius 3 is 2.87 bits per heavy atom. The Balaban J connectivity index is 1.26. The maximum Gasteiger partial charge on any atom is 0.242 e. The average Bonchev–Trinajstić information content (AvgIpc) is 3.36. The number of aromatic nitrogens is 2. The first kappa shape index (κ1) is 21.2. The van der Waals surface area contributed by atoms with Crippen LogP contribution >= 0.6 is 0 Å². The first-order valence-corrected chi connectivity index (χ1v) is 10.6. The minimum Gasteiger partial charge on any atom is -0.368 e. The third kappa shape index (κ3) is 4.99. The van der Waals surface area contributed by atoms with E-state index in [2.05, 4.69) is 25.9 Å². The predicted octanol–water partition coefficient (Wildman–Crippen LogP) is 1.03. The maximum absolute atomic E-state index is 13.1. The summed E-state index contributed by atoms with van der Waals surface area (Å²) in [5.41, 5.74) is 8.40. The zero-order chi connectivity index (χ0) is 22.0. The van der Waals surface area contributed by atoms with Crippen LogP contribution in [0.3, 0.4) is 0 Å². The lowest BCUT2D eigenvalue weighted by Gasteiger charge is -2.20. The topological polar surface area (TPSA) is 122 Å². The number of benzene rings is 1. The number of carbonyl (C=O) groups excluding carboxylic acids is 2. The van der Waals surface area contributed by atoms with Crippen molar-refractivity contribution in [2.24, 2.45) is 5.92 Å². The number of fused-ring (bicyclic) bond motifs is 1. The van der Waals surface area contributed by atoms with E-state index in [1.54, 1.807) is 25.3 Å². The summed E-state index contributed by atoms with van der Waals surface area (Å²) >= 11 is 0. The Morgan fingerprint density at radius 2 is 2.10 bits per heavy atom. The van der Waals surface area contributed by atoms with Crippen LogP contribution in [-0.2, 0) is 22.4 Å². The third-order valence-electron chi connectivity index (χ3n) is 6.01. The fraction of sp³-hybridized carbons (Fsp3) is 0.455. The van der Waals surface area contributed by atoms with Crippen LogP contribution in [0.4, 0.5) is 10.3 Å². The van der Waals surface area contributed by atoms with E-state index in [0.29, 0.717) is 13.0 Å². The SMILES string of the molecule is C[C@H](NC(=O)[C@H]1C[C@H](Cc2ccc(F)cc2)CN1)C(=O)N[C@@H]1CCc2nc(N)ncc21. The Bertz CT molecular complexity index is 967. The molecule has 0 unspecified atom stereocenters. The fourth-order valence-corrected chi connectivity index (χ4v) is 4.31. The predicted molar refractivity (Wildman–Crippen MR) is 113 cm³/mol.